The summed E-state index contributed by atoms with van der Waals surface area (Å²) >= 11 is 1.76. The van der Waals surface area contributed by atoms with Crippen LogP contribution >= 0.6 is 11.3 Å². The number of hydrogen-bond donors (Lipinski definition) is 0. The SMILES string of the molecule is CC1(C)Cc2cc(C(=O)N3CCC3CC3CC3)sc2C1. The van der Waals surface area contributed by atoms with Crippen LogP contribution in [-0.2, 0) is 12.8 Å². The molecule has 1 unspecified atom stereocenters. The third kappa shape index (κ3) is 2.20. The molecule has 4 rings (SSSR count). The molecule has 0 spiro atoms. The number of carbonyl (C=O) groups is 1. The second-order valence-corrected chi connectivity index (χ2v) is 8.83. The molecule has 1 amide bonds. The number of hydrogen-bond acceptors (Lipinski definition) is 2. The van der Waals surface area contributed by atoms with Crippen molar-refractivity contribution in [2.45, 2.75) is 58.4 Å². The van der Waals surface area contributed by atoms with Crippen LogP contribution < -0.4 is 0 Å². The minimum absolute atomic E-state index is 0.305. The number of thiophene rings is 1. The second kappa shape index (κ2) is 4.33. The van der Waals surface area contributed by atoms with Crippen molar-refractivity contribution in [1.82, 2.24) is 4.90 Å². The minimum atomic E-state index is 0.305. The minimum Gasteiger partial charge on any atom is -0.335 e. The maximum atomic E-state index is 12.6. The van der Waals surface area contributed by atoms with Crippen molar-refractivity contribution in [2.24, 2.45) is 11.3 Å². The van der Waals surface area contributed by atoms with Crippen LogP contribution in [0.1, 0.15) is 59.6 Å². The molecule has 1 saturated heterocycles. The molecule has 1 aromatic heterocycles. The predicted octanol–water partition coefficient (Wildman–Crippen LogP) is 3.89. The van der Waals surface area contributed by atoms with Gasteiger partial charge < -0.3 is 4.90 Å². The summed E-state index contributed by atoms with van der Waals surface area (Å²) in [5.41, 5.74) is 1.83. The molecule has 0 N–H and O–H groups in total. The van der Waals surface area contributed by atoms with Gasteiger partial charge in [-0.2, -0.15) is 0 Å². The van der Waals surface area contributed by atoms with Gasteiger partial charge in [-0.15, -0.1) is 11.3 Å². The highest BCUT2D eigenvalue weighted by molar-refractivity contribution is 7.14. The zero-order chi connectivity index (χ0) is 13.9. The van der Waals surface area contributed by atoms with E-state index in [0.29, 0.717) is 17.4 Å². The highest BCUT2D eigenvalue weighted by atomic mass is 32.1. The molecule has 108 valence electrons. The summed E-state index contributed by atoms with van der Waals surface area (Å²) in [5, 5.41) is 0. The number of likely N-dealkylation sites (tertiary alicyclic amines) is 1. The van der Waals surface area contributed by atoms with Gasteiger partial charge in [0.15, 0.2) is 0 Å². The fourth-order valence-electron chi connectivity index (χ4n) is 3.72. The average molecular weight is 289 g/mol. The fourth-order valence-corrected chi connectivity index (χ4v) is 5.11. The maximum absolute atomic E-state index is 12.6. The molecule has 1 saturated carbocycles. The Labute approximate surface area is 125 Å². The molecular weight excluding hydrogens is 266 g/mol. The lowest BCUT2D eigenvalue weighted by Crippen LogP contribution is -2.51. The van der Waals surface area contributed by atoms with Crippen molar-refractivity contribution < 1.29 is 4.79 Å². The first-order chi connectivity index (χ1) is 9.52. The topological polar surface area (TPSA) is 20.3 Å². The Hall–Kier alpha value is -0.830. The van der Waals surface area contributed by atoms with E-state index in [2.05, 4.69) is 24.8 Å². The second-order valence-electron chi connectivity index (χ2n) is 7.70. The van der Waals surface area contributed by atoms with Crippen LogP contribution in [0.15, 0.2) is 6.07 Å². The summed E-state index contributed by atoms with van der Waals surface area (Å²) in [6.07, 6.45) is 7.54. The highest BCUT2D eigenvalue weighted by Crippen LogP contribution is 2.42. The largest absolute Gasteiger partial charge is 0.335 e. The Morgan fingerprint density at radius 1 is 1.35 bits per heavy atom. The zero-order valence-electron chi connectivity index (χ0n) is 12.4. The van der Waals surface area contributed by atoms with E-state index in [-0.39, 0.29) is 0 Å². The van der Waals surface area contributed by atoms with Gasteiger partial charge in [-0.05, 0) is 48.6 Å². The molecule has 0 radical (unpaired) electrons. The monoisotopic (exact) mass is 289 g/mol. The first kappa shape index (κ1) is 12.9. The fraction of sp³-hybridized carbons (Fsp3) is 0.706. The molecule has 2 heterocycles. The highest BCUT2D eigenvalue weighted by Gasteiger charge is 2.38. The van der Waals surface area contributed by atoms with Gasteiger partial charge in [0.2, 0.25) is 0 Å². The van der Waals surface area contributed by atoms with Crippen molar-refractivity contribution in [1.29, 1.82) is 0 Å². The molecule has 0 bridgehead atoms. The van der Waals surface area contributed by atoms with E-state index in [1.54, 1.807) is 11.3 Å². The molecule has 2 fully saturated rings. The third-order valence-electron chi connectivity index (χ3n) is 5.12. The Balaban J connectivity index is 1.47. The molecule has 2 aliphatic carbocycles. The van der Waals surface area contributed by atoms with Gasteiger partial charge in [0.1, 0.15) is 0 Å². The summed E-state index contributed by atoms with van der Waals surface area (Å²) in [7, 11) is 0. The summed E-state index contributed by atoms with van der Waals surface area (Å²) in [4.78, 5) is 17.2. The Bertz CT molecular complexity index is 530. The van der Waals surface area contributed by atoms with E-state index in [0.717, 1.165) is 30.2 Å². The Morgan fingerprint density at radius 2 is 2.15 bits per heavy atom. The van der Waals surface area contributed by atoms with Gasteiger partial charge in [0.25, 0.3) is 5.91 Å². The maximum Gasteiger partial charge on any atom is 0.264 e. The molecule has 1 atom stereocenters. The Morgan fingerprint density at radius 3 is 2.75 bits per heavy atom. The third-order valence-corrected chi connectivity index (χ3v) is 6.29. The van der Waals surface area contributed by atoms with Crippen molar-refractivity contribution >= 4 is 17.2 Å². The van der Waals surface area contributed by atoms with Crippen LogP contribution in [0.5, 0.6) is 0 Å². The molecular formula is C17H23NOS. The van der Waals surface area contributed by atoms with Crippen LogP contribution in [0.25, 0.3) is 0 Å². The summed E-state index contributed by atoms with van der Waals surface area (Å²) in [5.74, 6) is 1.23. The molecule has 20 heavy (non-hydrogen) atoms. The van der Waals surface area contributed by atoms with Crippen molar-refractivity contribution in [3.05, 3.63) is 21.4 Å². The number of nitrogens with zero attached hydrogens (tertiary/aromatic N) is 1. The molecule has 2 nitrogen and oxygen atoms in total. The summed E-state index contributed by atoms with van der Waals surface area (Å²) in [6.45, 7) is 5.62. The van der Waals surface area contributed by atoms with E-state index in [9.17, 15) is 4.79 Å². The smallest absolute Gasteiger partial charge is 0.264 e. The molecule has 3 heteroatoms. The van der Waals surface area contributed by atoms with Gasteiger partial charge in [-0.1, -0.05) is 26.7 Å². The molecule has 1 aliphatic heterocycles. The van der Waals surface area contributed by atoms with Gasteiger partial charge >= 0.3 is 0 Å². The van der Waals surface area contributed by atoms with Crippen LogP contribution in [0.3, 0.4) is 0 Å². The first-order valence-electron chi connectivity index (χ1n) is 7.94. The van der Waals surface area contributed by atoms with Gasteiger partial charge in [-0.25, -0.2) is 0 Å². The number of carbonyl (C=O) groups excluding carboxylic acids is 1. The van der Waals surface area contributed by atoms with Gasteiger partial charge in [-0.3, -0.25) is 4.79 Å². The van der Waals surface area contributed by atoms with Crippen LogP contribution in [0, 0.1) is 11.3 Å². The van der Waals surface area contributed by atoms with Crippen molar-refractivity contribution in [2.75, 3.05) is 6.54 Å². The standard InChI is InChI=1S/C17H23NOS/c1-17(2)9-12-8-14(20-15(12)10-17)16(19)18-6-5-13(18)7-11-3-4-11/h8,11,13H,3-7,9-10H2,1-2H3. The Kier molecular flexibility index (Phi) is 2.79. The summed E-state index contributed by atoms with van der Waals surface area (Å²) < 4.78 is 0. The van der Waals surface area contributed by atoms with Crippen molar-refractivity contribution in [3.8, 4) is 0 Å². The van der Waals surface area contributed by atoms with E-state index in [4.69, 9.17) is 0 Å². The lowest BCUT2D eigenvalue weighted by molar-refractivity contribution is 0.0437. The van der Waals surface area contributed by atoms with Crippen LogP contribution in [0.4, 0.5) is 0 Å². The average Bonchev–Trinajstić information content (AvgIpc) is 3.00. The van der Waals surface area contributed by atoms with E-state index < -0.39 is 0 Å². The lowest BCUT2D eigenvalue weighted by atomic mass is 9.91. The normalized spacial score (nSPS) is 27.3. The first-order valence-corrected chi connectivity index (χ1v) is 8.76. The van der Waals surface area contributed by atoms with Gasteiger partial charge in [0.05, 0.1) is 4.88 Å². The zero-order valence-corrected chi connectivity index (χ0v) is 13.3. The van der Waals surface area contributed by atoms with E-state index >= 15 is 0 Å². The number of fused-ring (bicyclic) bond motifs is 1. The van der Waals surface area contributed by atoms with E-state index in [1.165, 1.54) is 36.1 Å². The number of amides is 1. The van der Waals surface area contributed by atoms with E-state index in [1.807, 2.05) is 0 Å². The molecule has 0 aromatic carbocycles. The molecule has 3 aliphatic rings. The lowest BCUT2D eigenvalue weighted by Gasteiger charge is -2.41. The predicted molar refractivity (Wildman–Crippen MR) is 82.3 cm³/mol. The quantitative estimate of drug-likeness (QED) is 0.826. The molecule has 1 aromatic rings. The summed E-state index contributed by atoms with van der Waals surface area (Å²) in [6, 6.07) is 2.73. The van der Waals surface area contributed by atoms with Crippen LogP contribution in [0.2, 0.25) is 0 Å². The van der Waals surface area contributed by atoms with Crippen molar-refractivity contribution in [3.63, 3.8) is 0 Å². The van der Waals surface area contributed by atoms with Crippen LogP contribution in [-0.4, -0.2) is 23.4 Å². The number of rotatable bonds is 3. The van der Waals surface area contributed by atoms with Gasteiger partial charge in [0, 0.05) is 17.5 Å².